The van der Waals surface area contributed by atoms with Crippen LogP contribution in [0.5, 0.6) is 0 Å². The zero-order valence-corrected chi connectivity index (χ0v) is 12.0. The van der Waals surface area contributed by atoms with Crippen LogP contribution in [0.1, 0.15) is 6.92 Å². The van der Waals surface area contributed by atoms with Gasteiger partial charge in [-0.15, -0.1) is 0 Å². The Labute approximate surface area is 106 Å². The first-order chi connectivity index (χ1) is 7.82. The van der Waals surface area contributed by atoms with Crippen LogP contribution in [0.3, 0.4) is 0 Å². The number of aryl methyl sites for hydroxylation is 1. The van der Waals surface area contributed by atoms with Gasteiger partial charge in [-0.05, 0) is 13.2 Å². The highest BCUT2D eigenvalue weighted by Gasteiger charge is 2.30. The number of hydrogen-bond acceptors (Lipinski definition) is 5. The molecule has 1 aromatic rings. The summed E-state index contributed by atoms with van der Waals surface area (Å²) in [5, 5.41) is 0.0490. The maximum Gasteiger partial charge on any atom is 0.262 e. The Balaban J connectivity index is 3.12. The summed E-state index contributed by atoms with van der Waals surface area (Å²) in [4.78, 5) is 3.80. The van der Waals surface area contributed by atoms with Gasteiger partial charge in [-0.2, -0.15) is 16.1 Å². The van der Waals surface area contributed by atoms with Crippen molar-refractivity contribution in [2.24, 2.45) is 7.05 Å². The lowest BCUT2D eigenvalue weighted by Gasteiger charge is -2.23. The summed E-state index contributed by atoms with van der Waals surface area (Å²) < 4.78 is 27.4. The largest absolute Gasteiger partial charge is 0.381 e. The Morgan fingerprint density at radius 3 is 2.65 bits per heavy atom. The lowest BCUT2D eigenvalue weighted by atomic mass is 10.4. The van der Waals surface area contributed by atoms with Crippen molar-refractivity contribution in [3.8, 4) is 0 Å². The van der Waals surface area contributed by atoms with E-state index in [9.17, 15) is 8.42 Å². The van der Waals surface area contributed by atoms with E-state index in [0.717, 1.165) is 5.75 Å². The van der Waals surface area contributed by atoms with Crippen LogP contribution in [0.25, 0.3) is 0 Å². The lowest BCUT2D eigenvalue weighted by molar-refractivity contribution is 0.411. The van der Waals surface area contributed by atoms with Gasteiger partial charge >= 0.3 is 0 Å². The van der Waals surface area contributed by atoms with Crippen molar-refractivity contribution in [3.63, 3.8) is 0 Å². The van der Waals surface area contributed by atoms with Crippen LogP contribution in [0, 0.1) is 0 Å². The van der Waals surface area contributed by atoms with Crippen molar-refractivity contribution >= 4 is 27.6 Å². The fraction of sp³-hybridized carbons (Fsp3) is 0.667. The highest BCUT2D eigenvalue weighted by molar-refractivity contribution is 7.98. The highest BCUT2D eigenvalue weighted by atomic mass is 32.2. The molecule has 0 amide bonds. The van der Waals surface area contributed by atoms with E-state index in [1.807, 2.05) is 13.2 Å². The van der Waals surface area contributed by atoms with E-state index in [4.69, 9.17) is 5.73 Å². The average molecular weight is 278 g/mol. The third-order valence-electron chi connectivity index (χ3n) is 2.56. The Kier molecular flexibility index (Phi) is 4.45. The van der Waals surface area contributed by atoms with Gasteiger partial charge in [-0.1, -0.05) is 0 Å². The van der Waals surface area contributed by atoms with Crippen LogP contribution in [0.2, 0.25) is 0 Å². The summed E-state index contributed by atoms with van der Waals surface area (Å²) in [6, 6.07) is -0.0932. The first kappa shape index (κ1) is 14.3. The standard InChI is InChI=1S/C9H18N4O2S2/c1-7(5-16-4)13(3)17(14,15)9-8(10)11-6-12(9)2/h6-7H,5,10H2,1-4H3. The molecule has 0 fully saturated rings. The molecule has 8 heteroatoms. The van der Waals surface area contributed by atoms with Gasteiger partial charge in [0.15, 0.2) is 10.8 Å². The van der Waals surface area contributed by atoms with Crippen LogP contribution in [0.15, 0.2) is 11.4 Å². The molecule has 1 rings (SSSR count). The third-order valence-corrected chi connectivity index (χ3v) is 5.48. The Morgan fingerprint density at radius 1 is 1.65 bits per heavy atom. The summed E-state index contributed by atoms with van der Waals surface area (Å²) in [6.07, 6.45) is 3.34. The second-order valence-corrected chi connectivity index (χ2v) is 6.69. The number of rotatable bonds is 5. The number of anilines is 1. The molecular formula is C9H18N4O2S2. The van der Waals surface area contributed by atoms with E-state index < -0.39 is 10.0 Å². The number of thioether (sulfide) groups is 1. The van der Waals surface area contributed by atoms with Crippen LogP contribution < -0.4 is 5.73 Å². The van der Waals surface area contributed by atoms with Gasteiger partial charge in [-0.25, -0.2) is 13.4 Å². The van der Waals surface area contributed by atoms with E-state index in [2.05, 4.69) is 4.98 Å². The molecule has 0 aromatic carbocycles. The van der Waals surface area contributed by atoms with E-state index in [-0.39, 0.29) is 16.9 Å². The smallest absolute Gasteiger partial charge is 0.262 e. The van der Waals surface area contributed by atoms with Crippen molar-refractivity contribution < 1.29 is 8.42 Å². The Morgan fingerprint density at radius 2 is 2.24 bits per heavy atom. The highest BCUT2D eigenvalue weighted by Crippen LogP contribution is 2.21. The molecule has 1 atom stereocenters. The molecule has 0 saturated heterocycles. The van der Waals surface area contributed by atoms with Gasteiger partial charge in [0.2, 0.25) is 0 Å². The van der Waals surface area contributed by atoms with Crippen molar-refractivity contribution in [1.29, 1.82) is 0 Å². The zero-order chi connectivity index (χ0) is 13.2. The molecule has 1 unspecified atom stereocenters. The molecular weight excluding hydrogens is 260 g/mol. The Bertz CT molecular complexity index is 464. The second-order valence-electron chi connectivity index (χ2n) is 3.87. The van der Waals surface area contributed by atoms with E-state index in [1.54, 1.807) is 25.9 Å². The van der Waals surface area contributed by atoms with Crippen molar-refractivity contribution in [2.75, 3.05) is 24.8 Å². The van der Waals surface area contributed by atoms with Gasteiger partial charge < -0.3 is 10.3 Å². The van der Waals surface area contributed by atoms with Gasteiger partial charge in [0.05, 0.1) is 6.33 Å². The minimum absolute atomic E-state index is 0.0377. The number of nitrogens with two attached hydrogens (primary N) is 1. The monoisotopic (exact) mass is 278 g/mol. The topological polar surface area (TPSA) is 81.2 Å². The molecule has 6 nitrogen and oxygen atoms in total. The maximum absolute atomic E-state index is 12.3. The van der Waals surface area contributed by atoms with Crippen molar-refractivity contribution in [3.05, 3.63) is 6.33 Å². The fourth-order valence-electron chi connectivity index (χ4n) is 1.47. The average Bonchev–Trinajstić information content (AvgIpc) is 2.58. The summed E-state index contributed by atoms with van der Waals surface area (Å²) in [7, 11) is -0.410. The summed E-state index contributed by atoms with van der Waals surface area (Å²) in [5.41, 5.74) is 5.60. The summed E-state index contributed by atoms with van der Waals surface area (Å²) in [6.45, 7) is 1.86. The quantitative estimate of drug-likeness (QED) is 0.842. The predicted molar refractivity (Wildman–Crippen MR) is 70.4 cm³/mol. The van der Waals surface area contributed by atoms with E-state index >= 15 is 0 Å². The molecule has 0 aliphatic heterocycles. The molecule has 1 heterocycles. The number of aromatic nitrogens is 2. The first-order valence-corrected chi connectivity index (χ1v) is 7.89. The second kappa shape index (κ2) is 5.28. The number of nitrogen functional groups attached to an aromatic ring is 1. The van der Waals surface area contributed by atoms with Gasteiger partial charge in [-0.3, -0.25) is 0 Å². The minimum Gasteiger partial charge on any atom is -0.381 e. The van der Waals surface area contributed by atoms with Crippen molar-refractivity contribution in [1.82, 2.24) is 13.9 Å². The van der Waals surface area contributed by atoms with Crippen LogP contribution in [-0.2, 0) is 17.1 Å². The molecule has 0 bridgehead atoms. The summed E-state index contributed by atoms with van der Waals surface area (Å²) >= 11 is 1.60. The van der Waals surface area contributed by atoms with E-state index in [1.165, 1.54) is 15.2 Å². The molecule has 0 saturated carbocycles. The lowest BCUT2D eigenvalue weighted by Crippen LogP contribution is -2.37. The number of hydrogen-bond donors (Lipinski definition) is 1. The molecule has 0 aliphatic carbocycles. The van der Waals surface area contributed by atoms with Crippen molar-refractivity contribution in [2.45, 2.75) is 18.0 Å². The van der Waals surface area contributed by atoms with Crippen LogP contribution >= 0.6 is 11.8 Å². The normalized spacial score (nSPS) is 14.2. The predicted octanol–water partition coefficient (Wildman–Crippen LogP) is 0.374. The molecule has 2 N–H and O–H groups in total. The van der Waals surface area contributed by atoms with Crippen LogP contribution in [-0.4, -0.2) is 47.4 Å². The first-order valence-electron chi connectivity index (χ1n) is 5.06. The molecule has 98 valence electrons. The van der Waals surface area contributed by atoms with E-state index in [0.29, 0.717) is 0 Å². The minimum atomic E-state index is -3.58. The van der Waals surface area contributed by atoms with Crippen LogP contribution in [0.4, 0.5) is 5.82 Å². The number of nitrogens with zero attached hydrogens (tertiary/aromatic N) is 3. The maximum atomic E-state index is 12.3. The summed E-state index contributed by atoms with van der Waals surface area (Å²) in [5.74, 6) is 0.767. The molecule has 0 radical (unpaired) electrons. The molecule has 1 aromatic heterocycles. The number of imidazole rings is 1. The zero-order valence-electron chi connectivity index (χ0n) is 10.4. The SMILES string of the molecule is CSCC(C)N(C)S(=O)(=O)c1c(N)ncn1C. The Hall–Kier alpha value is -0.730. The molecule has 0 aliphatic rings. The third kappa shape index (κ3) is 2.75. The van der Waals surface area contributed by atoms with Gasteiger partial charge in [0.25, 0.3) is 10.0 Å². The van der Waals surface area contributed by atoms with Gasteiger partial charge in [0, 0.05) is 25.9 Å². The van der Waals surface area contributed by atoms with Gasteiger partial charge in [0.1, 0.15) is 0 Å². The number of sulfonamides is 1. The fourth-order valence-corrected chi connectivity index (χ4v) is 3.82. The molecule has 17 heavy (non-hydrogen) atoms. The molecule has 0 spiro atoms.